The first-order valence-corrected chi connectivity index (χ1v) is 9.98. The first-order chi connectivity index (χ1) is 12.7. The van der Waals surface area contributed by atoms with Gasteiger partial charge in [0.05, 0.1) is 13.2 Å². The summed E-state index contributed by atoms with van der Waals surface area (Å²) in [5.41, 5.74) is 1.59. The van der Waals surface area contributed by atoms with Gasteiger partial charge in [-0.25, -0.2) is 4.79 Å². The molecule has 0 aliphatic carbocycles. The summed E-state index contributed by atoms with van der Waals surface area (Å²) in [4.78, 5) is 13.9. The number of benzene rings is 1. The number of hydrogen-bond donors (Lipinski definition) is 3. The fraction of sp³-hybridized carbons (Fsp3) is 0.211. The van der Waals surface area contributed by atoms with Crippen molar-refractivity contribution < 1.29 is 14.6 Å². The first-order valence-electron chi connectivity index (χ1n) is 8.22. The standard InChI is InChI=1S/C19H20N2O3S2/c1-2-24-15-5-3-14(4-6-15)21-19(23)20-11-16-7-8-17(26-16)18(22)13-9-10-25-12-13/h3-10,12,18,22H,2,11H2,1H3,(H2,20,21,23). The minimum absolute atomic E-state index is 0.275. The summed E-state index contributed by atoms with van der Waals surface area (Å²) in [6.07, 6.45) is -0.613. The van der Waals surface area contributed by atoms with Gasteiger partial charge < -0.3 is 20.5 Å². The van der Waals surface area contributed by atoms with Gasteiger partial charge in [-0.15, -0.1) is 11.3 Å². The van der Waals surface area contributed by atoms with Gasteiger partial charge in [0.15, 0.2) is 0 Å². The number of aliphatic hydroxyl groups is 1. The number of nitrogens with one attached hydrogen (secondary N) is 2. The van der Waals surface area contributed by atoms with E-state index in [4.69, 9.17) is 4.74 Å². The van der Waals surface area contributed by atoms with Gasteiger partial charge in [0, 0.05) is 15.4 Å². The molecule has 0 aliphatic rings. The van der Waals surface area contributed by atoms with Crippen LogP contribution < -0.4 is 15.4 Å². The van der Waals surface area contributed by atoms with E-state index in [1.54, 1.807) is 23.5 Å². The molecule has 0 spiro atoms. The van der Waals surface area contributed by atoms with Gasteiger partial charge in [0.1, 0.15) is 11.9 Å². The van der Waals surface area contributed by atoms with Crippen LogP contribution in [0.5, 0.6) is 5.75 Å². The number of carbonyl (C=O) groups is 1. The van der Waals surface area contributed by atoms with Gasteiger partial charge in [-0.3, -0.25) is 0 Å². The summed E-state index contributed by atoms with van der Waals surface area (Å²) >= 11 is 3.05. The largest absolute Gasteiger partial charge is 0.494 e. The van der Waals surface area contributed by atoms with Crippen LogP contribution in [-0.4, -0.2) is 17.7 Å². The molecule has 1 atom stereocenters. The smallest absolute Gasteiger partial charge is 0.319 e. The van der Waals surface area contributed by atoms with E-state index in [0.29, 0.717) is 18.8 Å². The molecule has 0 fully saturated rings. The molecule has 3 N–H and O–H groups in total. The minimum atomic E-state index is -0.613. The number of anilines is 1. The number of urea groups is 1. The summed E-state index contributed by atoms with van der Waals surface area (Å²) in [6, 6.07) is 12.7. The summed E-state index contributed by atoms with van der Waals surface area (Å²) < 4.78 is 5.37. The van der Waals surface area contributed by atoms with E-state index < -0.39 is 6.10 Å². The topological polar surface area (TPSA) is 70.6 Å². The molecule has 0 aliphatic heterocycles. The molecule has 1 aromatic carbocycles. The molecule has 0 saturated carbocycles. The van der Waals surface area contributed by atoms with E-state index in [-0.39, 0.29) is 6.03 Å². The van der Waals surface area contributed by atoms with Crippen molar-refractivity contribution in [3.05, 3.63) is 68.5 Å². The third-order valence-corrected chi connectivity index (χ3v) is 5.50. The summed E-state index contributed by atoms with van der Waals surface area (Å²) in [7, 11) is 0. The van der Waals surface area contributed by atoms with E-state index in [2.05, 4.69) is 10.6 Å². The number of thiophene rings is 2. The van der Waals surface area contributed by atoms with E-state index in [0.717, 1.165) is 21.1 Å². The lowest BCUT2D eigenvalue weighted by Gasteiger charge is -2.08. The Balaban J connectivity index is 1.50. The van der Waals surface area contributed by atoms with Crippen LogP contribution in [0.25, 0.3) is 0 Å². The van der Waals surface area contributed by atoms with Gasteiger partial charge in [0.2, 0.25) is 0 Å². The van der Waals surface area contributed by atoms with Gasteiger partial charge in [-0.05, 0) is 65.7 Å². The van der Waals surface area contributed by atoms with Crippen molar-refractivity contribution in [1.82, 2.24) is 5.32 Å². The predicted octanol–water partition coefficient (Wildman–Crippen LogP) is 4.61. The highest BCUT2D eigenvalue weighted by atomic mass is 32.1. The number of hydrogen-bond acceptors (Lipinski definition) is 5. The second-order valence-electron chi connectivity index (χ2n) is 5.53. The molecule has 0 saturated heterocycles. The second kappa shape index (κ2) is 8.84. The average molecular weight is 389 g/mol. The predicted molar refractivity (Wildman–Crippen MR) is 106 cm³/mol. The highest BCUT2D eigenvalue weighted by molar-refractivity contribution is 7.12. The summed E-state index contributed by atoms with van der Waals surface area (Å²) in [6.45, 7) is 2.94. The van der Waals surface area contributed by atoms with Crippen molar-refractivity contribution in [1.29, 1.82) is 0 Å². The van der Waals surface area contributed by atoms with Crippen molar-refractivity contribution in [3.8, 4) is 5.75 Å². The lowest BCUT2D eigenvalue weighted by Crippen LogP contribution is -2.27. The second-order valence-corrected chi connectivity index (χ2v) is 7.51. The molecule has 0 bridgehead atoms. The van der Waals surface area contributed by atoms with Crippen LogP contribution in [0.4, 0.5) is 10.5 Å². The third-order valence-electron chi connectivity index (χ3n) is 3.66. The number of amides is 2. The fourth-order valence-electron chi connectivity index (χ4n) is 2.38. The number of carbonyl (C=O) groups excluding carboxylic acids is 1. The third kappa shape index (κ3) is 4.85. The Labute approximate surface area is 160 Å². The Kier molecular flexibility index (Phi) is 6.27. The molecule has 2 heterocycles. The van der Waals surface area contributed by atoms with Gasteiger partial charge in [-0.1, -0.05) is 0 Å². The zero-order valence-corrected chi connectivity index (χ0v) is 15.9. The minimum Gasteiger partial charge on any atom is -0.494 e. The zero-order valence-electron chi connectivity index (χ0n) is 14.3. The lowest BCUT2D eigenvalue weighted by atomic mass is 10.2. The van der Waals surface area contributed by atoms with E-state index in [9.17, 15) is 9.90 Å². The highest BCUT2D eigenvalue weighted by Crippen LogP contribution is 2.29. The molecule has 5 nitrogen and oxygen atoms in total. The monoisotopic (exact) mass is 388 g/mol. The Morgan fingerprint density at radius 2 is 2.00 bits per heavy atom. The van der Waals surface area contributed by atoms with E-state index in [1.165, 1.54) is 11.3 Å². The maximum Gasteiger partial charge on any atom is 0.319 e. The first kappa shape index (κ1) is 18.4. The molecule has 3 rings (SSSR count). The van der Waals surface area contributed by atoms with Crippen LogP contribution in [0, 0.1) is 0 Å². The van der Waals surface area contributed by atoms with Gasteiger partial charge in [0.25, 0.3) is 0 Å². The average Bonchev–Trinajstić information content (AvgIpc) is 3.33. The van der Waals surface area contributed by atoms with Gasteiger partial charge in [-0.2, -0.15) is 11.3 Å². The normalized spacial score (nSPS) is 11.8. The molecular weight excluding hydrogens is 368 g/mol. The van der Waals surface area contributed by atoms with Crippen molar-refractivity contribution in [2.75, 3.05) is 11.9 Å². The Bertz CT molecular complexity index is 829. The maximum absolute atomic E-state index is 12.0. The SMILES string of the molecule is CCOc1ccc(NC(=O)NCc2ccc(C(O)c3ccsc3)s2)cc1. The highest BCUT2D eigenvalue weighted by Gasteiger charge is 2.13. The maximum atomic E-state index is 12.0. The van der Waals surface area contributed by atoms with E-state index in [1.807, 2.05) is 48.0 Å². The Hall–Kier alpha value is -2.35. The quantitative estimate of drug-likeness (QED) is 0.553. The number of rotatable bonds is 7. The summed E-state index contributed by atoms with van der Waals surface area (Å²) in [5.74, 6) is 0.772. The molecule has 3 aromatic rings. The van der Waals surface area contributed by atoms with Gasteiger partial charge >= 0.3 is 6.03 Å². The molecule has 26 heavy (non-hydrogen) atoms. The summed E-state index contributed by atoms with van der Waals surface area (Å²) in [5, 5.41) is 19.8. The molecule has 2 aromatic heterocycles. The molecule has 0 radical (unpaired) electrons. The van der Waals surface area contributed by atoms with Crippen molar-refractivity contribution in [2.45, 2.75) is 19.6 Å². The van der Waals surface area contributed by atoms with Crippen LogP contribution in [0.15, 0.2) is 53.2 Å². The van der Waals surface area contributed by atoms with Crippen molar-refractivity contribution in [2.24, 2.45) is 0 Å². The van der Waals surface area contributed by atoms with Crippen LogP contribution in [-0.2, 0) is 6.54 Å². The molecule has 1 unspecified atom stereocenters. The molecule has 7 heteroatoms. The molecule has 136 valence electrons. The Morgan fingerprint density at radius 3 is 2.69 bits per heavy atom. The fourth-order valence-corrected chi connectivity index (χ4v) is 4.02. The van der Waals surface area contributed by atoms with Crippen LogP contribution in [0.2, 0.25) is 0 Å². The lowest BCUT2D eigenvalue weighted by molar-refractivity contribution is 0.224. The van der Waals surface area contributed by atoms with Crippen LogP contribution >= 0.6 is 22.7 Å². The van der Waals surface area contributed by atoms with E-state index >= 15 is 0 Å². The molecule has 2 amide bonds. The molecular formula is C19H20N2O3S2. The van der Waals surface area contributed by atoms with Crippen LogP contribution in [0.3, 0.4) is 0 Å². The zero-order chi connectivity index (χ0) is 18.4. The number of aliphatic hydroxyl groups excluding tert-OH is 1. The Morgan fingerprint density at radius 1 is 1.19 bits per heavy atom. The number of ether oxygens (including phenoxy) is 1. The van der Waals surface area contributed by atoms with Crippen molar-refractivity contribution in [3.63, 3.8) is 0 Å². The van der Waals surface area contributed by atoms with Crippen molar-refractivity contribution >= 4 is 34.4 Å². The van der Waals surface area contributed by atoms with Crippen LogP contribution in [0.1, 0.15) is 28.3 Å².